The molecule has 0 saturated heterocycles. The van der Waals surface area contributed by atoms with E-state index in [1.165, 1.54) is 30.4 Å². The summed E-state index contributed by atoms with van der Waals surface area (Å²) >= 11 is 4.62. The van der Waals surface area contributed by atoms with Gasteiger partial charge in [0.15, 0.2) is 0 Å². The van der Waals surface area contributed by atoms with Crippen molar-refractivity contribution in [1.29, 1.82) is 0 Å². The average Bonchev–Trinajstić information content (AvgIpc) is 2.29. The third kappa shape index (κ3) is 2.48. The zero-order valence-corrected chi connectivity index (χ0v) is 9.73. The average molecular weight is 273 g/mol. The summed E-state index contributed by atoms with van der Waals surface area (Å²) in [6.45, 7) is 0. The second kappa shape index (κ2) is 4.61. The quantitative estimate of drug-likeness (QED) is 0.560. The molecule has 0 aliphatic carbocycles. The summed E-state index contributed by atoms with van der Waals surface area (Å²) in [7, 11) is 0. The van der Waals surface area contributed by atoms with Crippen molar-refractivity contribution >= 4 is 22.9 Å². The highest BCUT2D eigenvalue weighted by Crippen LogP contribution is 2.33. The summed E-state index contributed by atoms with van der Waals surface area (Å²) in [4.78, 5) is 3.16. The molecule has 1 unspecified atom stereocenters. The van der Waals surface area contributed by atoms with Crippen molar-refractivity contribution < 1.29 is 17.6 Å². The van der Waals surface area contributed by atoms with Gasteiger partial charge < -0.3 is 0 Å². The first kappa shape index (κ1) is 12.9. The van der Waals surface area contributed by atoms with Crippen molar-refractivity contribution in [2.24, 2.45) is 4.99 Å². The standard InChI is InChI=1S/C12H7F4NS/c13-9-4-2-1-3-7(9)8-5-6-10(18)17-11(8)12(14,15)16/h1-6,8H. The number of allylic oxidation sites excluding steroid dienone is 1. The molecule has 1 aliphatic heterocycles. The van der Waals surface area contributed by atoms with Gasteiger partial charge in [0.1, 0.15) is 16.5 Å². The van der Waals surface area contributed by atoms with Crippen molar-refractivity contribution in [2.75, 3.05) is 0 Å². The van der Waals surface area contributed by atoms with Gasteiger partial charge in [-0.3, -0.25) is 0 Å². The molecule has 0 saturated carbocycles. The van der Waals surface area contributed by atoms with Crippen LogP contribution in [-0.2, 0) is 0 Å². The minimum absolute atomic E-state index is 0.0627. The highest BCUT2D eigenvalue weighted by atomic mass is 32.1. The highest BCUT2D eigenvalue weighted by Gasteiger charge is 2.42. The third-order valence-electron chi connectivity index (χ3n) is 2.49. The molecule has 1 heterocycles. The van der Waals surface area contributed by atoms with E-state index < -0.39 is 23.6 Å². The largest absolute Gasteiger partial charge is 0.430 e. The summed E-state index contributed by atoms with van der Waals surface area (Å²) in [5.74, 6) is -1.95. The molecule has 18 heavy (non-hydrogen) atoms. The fourth-order valence-corrected chi connectivity index (χ4v) is 1.89. The lowest BCUT2D eigenvalue weighted by atomic mass is 9.91. The summed E-state index contributed by atoms with van der Waals surface area (Å²) in [5, 5.41) is 0. The van der Waals surface area contributed by atoms with Gasteiger partial charge >= 0.3 is 6.18 Å². The maximum atomic E-state index is 13.5. The number of halogens is 4. The molecule has 0 amide bonds. The van der Waals surface area contributed by atoms with Crippen molar-refractivity contribution in [1.82, 2.24) is 0 Å². The Morgan fingerprint density at radius 1 is 1.17 bits per heavy atom. The number of dihydropyridines is 1. The molecule has 0 radical (unpaired) electrons. The van der Waals surface area contributed by atoms with Crippen molar-refractivity contribution in [3.63, 3.8) is 0 Å². The molecule has 1 aliphatic rings. The summed E-state index contributed by atoms with van der Waals surface area (Å²) in [6, 6.07) is 5.32. The Labute approximate surface area is 106 Å². The van der Waals surface area contributed by atoms with Crippen molar-refractivity contribution in [2.45, 2.75) is 12.1 Å². The highest BCUT2D eigenvalue weighted by molar-refractivity contribution is 7.80. The molecule has 6 heteroatoms. The van der Waals surface area contributed by atoms with E-state index in [-0.39, 0.29) is 10.6 Å². The first-order valence-corrected chi connectivity index (χ1v) is 5.43. The maximum Gasteiger partial charge on any atom is 0.430 e. The van der Waals surface area contributed by atoms with Crippen LogP contribution in [0.4, 0.5) is 17.6 Å². The molecular weight excluding hydrogens is 266 g/mol. The monoisotopic (exact) mass is 273 g/mol. The molecule has 2 rings (SSSR count). The first-order chi connectivity index (χ1) is 8.39. The van der Waals surface area contributed by atoms with Crippen LogP contribution in [-0.4, -0.2) is 16.9 Å². The van der Waals surface area contributed by atoms with E-state index in [1.807, 2.05) is 0 Å². The number of aliphatic imine (C=N–C) groups is 1. The Balaban J connectivity index is 2.50. The van der Waals surface area contributed by atoms with Crippen LogP contribution in [0.3, 0.4) is 0 Å². The topological polar surface area (TPSA) is 12.4 Å². The van der Waals surface area contributed by atoms with E-state index in [9.17, 15) is 17.6 Å². The van der Waals surface area contributed by atoms with Gasteiger partial charge in [0.2, 0.25) is 0 Å². The van der Waals surface area contributed by atoms with Crippen LogP contribution in [0.15, 0.2) is 41.4 Å². The van der Waals surface area contributed by atoms with Gasteiger partial charge in [0.25, 0.3) is 0 Å². The lowest BCUT2D eigenvalue weighted by Crippen LogP contribution is -2.31. The smallest absolute Gasteiger partial charge is 0.236 e. The SMILES string of the molecule is Fc1ccccc1C1C=CC(=S)N=C1C(F)(F)F. The number of nitrogens with zero attached hydrogens (tertiary/aromatic N) is 1. The minimum atomic E-state index is -4.64. The van der Waals surface area contributed by atoms with E-state index in [1.54, 1.807) is 0 Å². The number of benzene rings is 1. The van der Waals surface area contributed by atoms with E-state index in [2.05, 4.69) is 17.2 Å². The molecule has 0 fully saturated rings. The summed E-state index contributed by atoms with van der Waals surface area (Å²) < 4.78 is 52.0. The normalized spacial score (nSPS) is 19.9. The van der Waals surface area contributed by atoms with Gasteiger partial charge in [-0.25, -0.2) is 9.38 Å². The number of hydrogen-bond donors (Lipinski definition) is 0. The predicted molar refractivity (Wildman–Crippen MR) is 64.4 cm³/mol. The molecule has 0 spiro atoms. The molecule has 1 aromatic rings. The van der Waals surface area contributed by atoms with Crippen LogP contribution < -0.4 is 0 Å². The molecule has 0 aromatic heterocycles. The Morgan fingerprint density at radius 2 is 1.83 bits per heavy atom. The van der Waals surface area contributed by atoms with Gasteiger partial charge in [0.05, 0.1) is 5.92 Å². The lowest BCUT2D eigenvalue weighted by molar-refractivity contribution is -0.0607. The van der Waals surface area contributed by atoms with Crippen molar-refractivity contribution in [3.8, 4) is 0 Å². The number of rotatable bonds is 1. The summed E-state index contributed by atoms with van der Waals surface area (Å²) in [6.07, 6.45) is -2.14. The number of hydrogen-bond acceptors (Lipinski definition) is 1. The molecule has 1 atom stereocenters. The number of thiocarbonyl (C=S) groups is 1. The van der Waals surface area contributed by atoms with E-state index >= 15 is 0 Å². The van der Waals surface area contributed by atoms with Crippen molar-refractivity contribution in [3.05, 3.63) is 47.8 Å². The van der Waals surface area contributed by atoms with Crippen LogP contribution in [0, 0.1) is 5.82 Å². The molecule has 0 N–H and O–H groups in total. The van der Waals surface area contributed by atoms with Gasteiger partial charge in [-0.2, -0.15) is 13.2 Å². The van der Waals surface area contributed by atoms with E-state index in [0.717, 1.165) is 6.07 Å². The van der Waals surface area contributed by atoms with Gasteiger partial charge in [-0.1, -0.05) is 36.5 Å². The summed E-state index contributed by atoms with van der Waals surface area (Å²) in [5.41, 5.74) is -1.15. The van der Waals surface area contributed by atoms with Gasteiger partial charge in [-0.15, -0.1) is 0 Å². The minimum Gasteiger partial charge on any atom is -0.236 e. The number of alkyl halides is 3. The van der Waals surface area contributed by atoms with E-state index in [4.69, 9.17) is 0 Å². The molecule has 1 aromatic carbocycles. The second-order valence-corrected chi connectivity index (χ2v) is 4.11. The van der Waals surface area contributed by atoms with Gasteiger partial charge in [0, 0.05) is 5.56 Å². The fraction of sp³-hybridized carbons (Fsp3) is 0.167. The van der Waals surface area contributed by atoms with Crippen LogP contribution in [0.25, 0.3) is 0 Å². The second-order valence-electron chi connectivity index (χ2n) is 3.69. The first-order valence-electron chi connectivity index (χ1n) is 5.02. The Morgan fingerprint density at radius 3 is 2.44 bits per heavy atom. The fourth-order valence-electron chi connectivity index (χ4n) is 1.71. The van der Waals surface area contributed by atoms with Crippen LogP contribution in [0.1, 0.15) is 11.5 Å². The molecule has 1 nitrogen and oxygen atoms in total. The molecule has 0 bridgehead atoms. The lowest BCUT2D eigenvalue weighted by Gasteiger charge is -2.21. The molecular formula is C12H7F4NS. The maximum absolute atomic E-state index is 13.5. The Hall–Kier alpha value is -1.56. The van der Waals surface area contributed by atoms with E-state index in [0.29, 0.717) is 0 Å². The molecule has 94 valence electrons. The Bertz CT molecular complexity index is 545. The van der Waals surface area contributed by atoms with Crippen LogP contribution in [0.2, 0.25) is 0 Å². The van der Waals surface area contributed by atoms with Crippen LogP contribution >= 0.6 is 12.2 Å². The predicted octanol–water partition coefficient (Wildman–Crippen LogP) is 3.81. The Kier molecular flexibility index (Phi) is 3.30. The zero-order valence-electron chi connectivity index (χ0n) is 8.91. The third-order valence-corrected chi connectivity index (χ3v) is 2.71. The van der Waals surface area contributed by atoms with Crippen LogP contribution in [0.5, 0.6) is 0 Å². The zero-order chi connectivity index (χ0) is 13.3. The van der Waals surface area contributed by atoms with Gasteiger partial charge in [-0.05, 0) is 12.1 Å².